The van der Waals surface area contributed by atoms with E-state index < -0.39 is 0 Å². The van der Waals surface area contributed by atoms with Crippen LogP contribution in [-0.4, -0.2) is 19.6 Å². The lowest BCUT2D eigenvalue weighted by atomic mass is 10.1. The van der Waals surface area contributed by atoms with Gasteiger partial charge in [-0.3, -0.25) is 0 Å². The van der Waals surface area contributed by atoms with Crippen LogP contribution in [0.25, 0.3) is 0 Å². The van der Waals surface area contributed by atoms with Crippen LogP contribution in [0, 0.1) is 17.7 Å². The maximum Gasteiger partial charge on any atom is 0.146 e. The predicted molar refractivity (Wildman–Crippen MR) is 85.7 cm³/mol. The smallest absolute Gasteiger partial charge is 0.146 e. The third kappa shape index (κ3) is 5.49. The van der Waals surface area contributed by atoms with Gasteiger partial charge < -0.3 is 10.2 Å². The Balaban J connectivity index is 2.71. The Morgan fingerprint density at radius 2 is 1.85 bits per heavy atom. The van der Waals surface area contributed by atoms with Gasteiger partial charge in [0.2, 0.25) is 0 Å². The zero-order valence-corrected chi connectivity index (χ0v) is 13.5. The Morgan fingerprint density at radius 1 is 1.15 bits per heavy atom. The number of benzene rings is 1. The highest BCUT2D eigenvalue weighted by Gasteiger charge is 2.12. The van der Waals surface area contributed by atoms with Crippen molar-refractivity contribution in [3.63, 3.8) is 0 Å². The van der Waals surface area contributed by atoms with Crippen molar-refractivity contribution in [2.24, 2.45) is 11.8 Å². The van der Waals surface area contributed by atoms with Gasteiger partial charge in [-0.25, -0.2) is 4.39 Å². The number of hydrogen-bond donors (Lipinski definition) is 1. The van der Waals surface area contributed by atoms with Crippen LogP contribution in [-0.2, 0) is 6.54 Å². The van der Waals surface area contributed by atoms with E-state index in [2.05, 4.69) is 44.8 Å². The highest BCUT2D eigenvalue weighted by atomic mass is 19.1. The molecule has 1 aromatic rings. The van der Waals surface area contributed by atoms with E-state index in [0.29, 0.717) is 17.5 Å². The Morgan fingerprint density at radius 3 is 2.35 bits per heavy atom. The van der Waals surface area contributed by atoms with E-state index in [-0.39, 0.29) is 5.82 Å². The summed E-state index contributed by atoms with van der Waals surface area (Å²) in [5.74, 6) is 1.03. The summed E-state index contributed by atoms with van der Waals surface area (Å²) >= 11 is 0. The third-order valence-electron chi connectivity index (χ3n) is 3.20. The number of hydrogen-bond acceptors (Lipinski definition) is 2. The van der Waals surface area contributed by atoms with Crippen molar-refractivity contribution in [3.05, 3.63) is 29.6 Å². The summed E-state index contributed by atoms with van der Waals surface area (Å²) in [6, 6.07) is 5.59. The number of nitrogens with zero attached hydrogens (tertiary/aromatic N) is 1. The van der Waals surface area contributed by atoms with E-state index in [0.717, 1.165) is 31.7 Å². The van der Waals surface area contributed by atoms with Crippen LogP contribution in [0.1, 0.15) is 40.2 Å². The van der Waals surface area contributed by atoms with Crippen LogP contribution in [0.3, 0.4) is 0 Å². The topological polar surface area (TPSA) is 15.3 Å². The maximum atomic E-state index is 14.3. The van der Waals surface area contributed by atoms with Gasteiger partial charge in [-0.1, -0.05) is 33.8 Å². The van der Waals surface area contributed by atoms with Crippen LogP contribution < -0.4 is 10.2 Å². The average molecular weight is 280 g/mol. The third-order valence-corrected chi connectivity index (χ3v) is 3.20. The molecule has 0 atom stereocenters. The molecule has 0 aliphatic carbocycles. The van der Waals surface area contributed by atoms with E-state index in [9.17, 15) is 4.39 Å². The van der Waals surface area contributed by atoms with Crippen LogP contribution >= 0.6 is 0 Å². The molecule has 2 nitrogen and oxygen atoms in total. The highest BCUT2D eigenvalue weighted by Crippen LogP contribution is 2.21. The van der Waals surface area contributed by atoms with Crippen LogP contribution in [0.5, 0.6) is 0 Å². The lowest BCUT2D eigenvalue weighted by molar-refractivity contribution is 0.549. The van der Waals surface area contributed by atoms with Gasteiger partial charge in [0.25, 0.3) is 0 Å². The minimum Gasteiger partial charge on any atom is -0.369 e. The van der Waals surface area contributed by atoms with Crippen molar-refractivity contribution >= 4 is 5.69 Å². The normalized spacial score (nSPS) is 11.4. The fraction of sp³-hybridized carbons (Fsp3) is 0.647. The molecule has 0 aliphatic heterocycles. The minimum atomic E-state index is -0.114. The van der Waals surface area contributed by atoms with Crippen molar-refractivity contribution in [3.8, 4) is 0 Å². The summed E-state index contributed by atoms with van der Waals surface area (Å²) in [5.41, 5.74) is 1.72. The van der Waals surface area contributed by atoms with Gasteiger partial charge in [-0.05, 0) is 43.0 Å². The second-order valence-electron chi connectivity index (χ2n) is 6.24. The number of nitrogens with one attached hydrogen (secondary N) is 1. The molecular weight excluding hydrogens is 251 g/mol. The lowest BCUT2D eigenvalue weighted by Crippen LogP contribution is -2.28. The first-order chi connectivity index (χ1) is 9.43. The summed E-state index contributed by atoms with van der Waals surface area (Å²) in [6.07, 6.45) is 0. The summed E-state index contributed by atoms with van der Waals surface area (Å²) in [7, 11) is 0. The summed E-state index contributed by atoms with van der Waals surface area (Å²) in [6.45, 7) is 14.1. The largest absolute Gasteiger partial charge is 0.369 e. The van der Waals surface area contributed by atoms with Crippen molar-refractivity contribution in [2.45, 2.75) is 41.2 Å². The van der Waals surface area contributed by atoms with Gasteiger partial charge in [-0.15, -0.1) is 0 Å². The standard InChI is InChI=1S/C17H29FN2/c1-6-20(12-14(4)5)17-8-7-15(9-16(17)18)11-19-10-13(2)3/h7-9,13-14,19H,6,10-12H2,1-5H3. The Bertz CT molecular complexity index is 402. The first-order valence-corrected chi connectivity index (χ1v) is 7.68. The lowest BCUT2D eigenvalue weighted by Gasteiger charge is -2.25. The van der Waals surface area contributed by atoms with Crippen molar-refractivity contribution in [1.29, 1.82) is 0 Å². The van der Waals surface area contributed by atoms with Crippen LogP contribution in [0.2, 0.25) is 0 Å². The maximum absolute atomic E-state index is 14.3. The predicted octanol–water partition coefficient (Wildman–Crippen LogP) is 4.05. The van der Waals surface area contributed by atoms with Gasteiger partial charge >= 0.3 is 0 Å². The molecule has 0 amide bonds. The fourth-order valence-corrected chi connectivity index (χ4v) is 2.26. The first-order valence-electron chi connectivity index (χ1n) is 7.68. The van der Waals surface area contributed by atoms with Gasteiger partial charge in [0.05, 0.1) is 5.69 Å². The Hall–Kier alpha value is -1.09. The van der Waals surface area contributed by atoms with E-state index in [1.54, 1.807) is 6.07 Å². The molecular formula is C17H29FN2. The molecule has 0 saturated heterocycles. The van der Waals surface area contributed by atoms with Crippen LogP contribution in [0.4, 0.5) is 10.1 Å². The molecule has 0 aromatic heterocycles. The molecule has 0 spiro atoms. The van der Waals surface area contributed by atoms with E-state index in [4.69, 9.17) is 0 Å². The second-order valence-corrected chi connectivity index (χ2v) is 6.24. The molecule has 1 rings (SSSR count). The summed E-state index contributed by atoms with van der Waals surface area (Å²) in [4.78, 5) is 2.10. The minimum absolute atomic E-state index is 0.114. The number of rotatable bonds is 8. The molecule has 0 radical (unpaired) electrons. The van der Waals surface area contributed by atoms with E-state index >= 15 is 0 Å². The molecule has 0 aliphatic rings. The van der Waals surface area contributed by atoms with Crippen LogP contribution in [0.15, 0.2) is 18.2 Å². The van der Waals surface area contributed by atoms with Gasteiger partial charge in [0, 0.05) is 19.6 Å². The molecule has 1 aromatic carbocycles. The number of anilines is 1. The van der Waals surface area contributed by atoms with Gasteiger partial charge in [0.1, 0.15) is 5.82 Å². The van der Waals surface area contributed by atoms with Crippen molar-refractivity contribution < 1.29 is 4.39 Å². The zero-order valence-electron chi connectivity index (χ0n) is 13.5. The second kappa shape index (κ2) is 8.25. The zero-order chi connectivity index (χ0) is 15.1. The van der Waals surface area contributed by atoms with Crippen molar-refractivity contribution in [1.82, 2.24) is 5.32 Å². The number of halogens is 1. The Labute approximate surface area is 123 Å². The summed E-state index contributed by atoms with van der Waals surface area (Å²) < 4.78 is 14.3. The quantitative estimate of drug-likeness (QED) is 0.772. The highest BCUT2D eigenvalue weighted by molar-refractivity contribution is 5.49. The van der Waals surface area contributed by atoms with Gasteiger partial charge in [-0.2, -0.15) is 0 Å². The molecule has 0 fully saturated rings. The molecule has 20 heavy (non-hydrogen) atoms. The molecule has 114 valence electrons. The molecule has 0 bridgehead atoms. The average Bonchev–Trinajstić information content (AvgIpc) is 2.36. The molecule has 0 heterocycles. The SMILES string of the molecule is CCN(CC(C)C)c1ccc(CNCC(C)C)cc1F. The monoisotopic (exact) mass is 280 g/mol. The molecule has 3 heteroatoms. The first kappa shape index (κ1) is 17.0. The Kier molecular flexibility index (Phi) is 7.00. The summed E-state index contributed by atoms with van der Waals surface area (Å²) in [5, 5.41) is 3.34. The molecule has 0 saturated carbocycles. The fourth-order valence-electron chi connectivity index (χ4n) is 2.26. The van der Waals surface area contributed by atoms with Gasteiger partial charge in [0.15, 0.2) is 0 Å². The van der Waals surface area contributed by atoms with E-state index in [1.165, 1.54) is 0 Å². The van der Waals surface area contributed by atoms with Crippen molar-refractivity contribution in [2.75, 3.05) is 24.5 Å². The van der Waals surface area contributed by atoms with E-state index in [1.807, 2.05) is 12.1 Å². The molecule has 0 unspecified atom stereocenters. The molecule has 1 N–H and O–H groups in total.